The summed E-state index contributed by atoms with van der Waals surface area (Å²) in [6.07, 6.45) is 0.828. The van der Waals surface area contributed by atoms with Gasteiger partial charge in [-0.25, -0.2) is 0 Å². The van der Waals surface area contributed by atoms with Crippen LogP contribution in [0, 0.1) is 5.92 Å². The van der Waals surface area contributed by atoms with Gasteiger partial charge in [-0.15, -0.1) is 0 Å². The fraction of sp³-hybridized carbons (Fsp3) is 0.800. The first-order valence-corrected chi connectivity index (χ1v) is 7.10. The van der Waals surface area contributed by atoms with E-state index in [4.69, 9.17) is 4.74 Å². The molecule has 0 N–H and O–H groups in total. The van der Waals surface area contributed by atoms with Crippen molar-refractivity contribution in [3.8, 4) is 0 Å². The number of hydrogen-bond acceptors (Lipinski definition) is 5. The van der Waals surface area contributed by atoms with Crippen molar-refractivity contribution in [3.05, 3.63) is 0 Å². The van der Waals surface area contributed by atoms with Crippen molar-refractivity contribution in [1.29, 1.82) is 0 Å². The van der Waals surface area contributed by atoms with Gasteiger partial charge in [0.25, 0.3) is 0 Å². The summed E-state index contributed by atoms with van der Waals surface area (Å²) in [6.45, 7) is 3.77. The molecule has 1 aliphatic rings. The van der Waals surface area contributed by atoms with Crippen molar-refractivity contribution >= 4 is 34.6 Å². The van der Waals surface area contributed by atoms with Crippen LogP contribution in [0.4, 0.5) is 0 Å². The molecule has 1 heterocycles. The van der Waals surface area contributed by atoms with Gasteiger partial charge >= 0.3 is 5.97 Å². The van der Waals surface area contributed by atoms with E-state index in [1.807, 2.05) is 6.92 Å². The van der Waals surface area contributed by atoms with Crippen molar-refractivity contribution in [2.24, 2.45) is 5.92 Å². The molecule has 15 heavy (non-hydrogen) atoms. The van der Waals surface area contributed by atoms with E-state index >= 15 is 0 Å². The molecule has 2 atom stereocenters. The number of rotatable bonds is 3. The van der Waals surface area contributed by atoms with E-state index in [0.717, 1.165) is 17.9 Å². The fourth-order valence-corrected chi connectivity index (χ4v) is 4.01. The van der Waals surface area contributed by atoms with Crippen LogP contribution >= 0.6 is 23.5 Å². The van der Waals surface area contributed by atoms with Crippen LogP contribution in [0.2, 0.25) is 0 Å². The topological polar surface area (TPSA) is 43.4 Å². The van der Waals surface area contributed by atoms with Crippen LogP contribution in [0.25, 0.3) is 0 Å². The van der Waals surface area contributed by atoms with E-state index in [1.54, 1.807) is 18.7 Å². The minimum atomic E-state index is -0.142. The maximum Gasteiger partial charge on any atom is 0.310 e. The molecule has 0 aliphatic carbocycles. The van der Waals surface area contributed by atoms with Crippen LogP contribution in [0.1, 0.15) is 20.3 Å². The Balaban J connectivity index is 2.56. The van der Waals surface area contributed by atoms with Gasteiger partial charge < -0.3 is 4.74 Å². The zero-order valence-corrected chi connectivity index (χ0v) is 10.7. The highest BCUT2D eigenvalue weighted by molar-refractivity contribution is 8.14. The van der Waals surface area contributed by atoms with Gasteiger partial charge in [0.1, 0.15) is 0 Å². The molecular formula is C10H16O3S2. The van der Waals surface area contributed by atoms with Crippen molar-refractivity contribution in [3.63, 3.8) is 0 Å². The van der Waals surface area contributed by atoms with E-state index in [9.17, 15) is 9.59 Å². The largest absolute Gasteiger partial charge is 0.466 e. The van der Waals surface area contributed by atoms with E-state index in [-0.39, 0.29) is 22.3 Å². The SMILES string of the molecule is CCOC(=O)C1CCSCC1SC(C)=O. The van der Waals surface area contributed by atoms with Gasteiger partial charge in [0.05, 0.1) is 12.5 Å². The lowest BCUT2D eigenvalue weighted by molar-refractivity contribution is -0.147. The lowest BCUT2D eigenvalue weighted by Gasteiger charge is -2.27. The molecule has 1 rings (SSSR count). The molecule has 1 fully saturated rings. The Labute approximate surface area is 98.7 Å². The molecule has 86 valence electrons. The zero-order valence-electron chi connectivity index (χ0n) is 9.02. The minimum Gasteiger partial charge on any atom is -0.466 e. The van der Waals surface area contributed by atoms with Crippen LogP contribution in [-0.2, 0) is 14.3 Å². The van der Waals surface area contributed by atoms with Gasteiger partial charge in [-0.1, -0.05) is 11.8 Å². The monoisotopic (exact) mass is 248 g/mol. The number of thioether (sulfide) groups is 2. The Morgan fingerprint density at radius 2 is 2.27 bits per heavy atom. The van der Waals surface area contributed by atoms with Crippen LogP contribution in [0.5, 0.6) is 0 Å². The summed E-state index contributed by atoms with van der Waals surface area (Å²) in [5.41, 5.74) is 0. The van der Waals surface area contributed by atoms with Crippen LogP contribution in [-0.4, -0.2) is 34.4 Å². The molecule has 1 aliphatic heterocycles. The van der Waals surface area contributed by atoms with E-state index in [2.05, 4.69) is 0 Å². The Morgan fingerprint density at radius 3 is 2.87 bits per heavy atom. The molecule has 3 nitrogen and oxygen atoms in total. The van der Waals surface area contributed by atoms with E-state index < -0.39 is 0 Å². The summed E-state index contributed by atoms with van der Waals surface area (Å²) in [5, 5.41) is 0.178. The van der Waals surface area contributed by atoms with Gasteiger partial charge in [-0.2, -0.15) is 11.8 Å². The van der Waals surface area contributed by atoms with Crippen molar-refractivity contribution in [2.45, 2.75) is 25.5 Å². The zero-order chi connectivity index (χ0) is 11.3. The molecule has 0 spiro atoms. The summed E-state index contributed by atoms with van der Waals surface area (Å²) < 4.78 is 5.02. The average molecular weight is 248 g/mol. The third-order valence-corrected chi connectivity index (χ3v) is 4.67. The van der Waals surface area contributed by atoms with Gasteiger partial charge in [0.15, 0.2) is 5.12 Å². The van der Waals surface area contributed by atoms with E-state index in [1.165, 1.54) is 11.8 Å². The molecular weight excluding hydrogens is 232 g/mol. The smallest absolute Gasteiger partial charge is 0.310 e. The van der Waals surface area contributed by atoms with Crippen molar-refractivity contribution < 1.29 is 14.3 Å². The minimum absolute atomic E-state index is 0.0804. The van der Waals surface area contributed by atoms with Gasteiger partial charge in [-0.05, 0) is 19.1 Å². The lowest BCUT2D eigenvalue weighted by Crippen LogP contribution is -2.34. The Bertz CT molecular complexity index is 243. The van der Waals surface area contributed by atoms with E-state index in [0.29, 0.717) is 6.61 Å². The first kappa shape index (κ1) is 12.9. The average Bonchev–Trinajstić information content (AvgIpc) is 2.18. The van der Waals surface area contributed by atoms with Crippen molar-refractivity contribution in [1.82, 2.24) is 0 Å². The summed E-state index contributed by atoms with van der Waals surface area (Å²) in [6, 6.07) is 0. The van der Waals surface area contributed by atoms with Crippen LogP contribution in [0.15, 0.2) is 0 Å². The maximum absolute atomic E-state index is 11.6. The Hall–Kier alpha value is -0.160. The molecule has 2 unspecified atom stereocenters. The summed E-state index contributed by atoms with van der Waals surface area (Å²) >= 11 is 3.08. The van der Waals surface area contributed by atoms with Crippen LogP contribution in [0.3, 0.4) is 0 Å². The fourth-order valence-electron chi connectivity index (χ4n) is 1.56. The molecule has 0 bridgehead atoms. The number of esters is 1. The third-order valence-electron chi connectivity index (χ3n) is 2.21. The standard InChI is InChI=1S/C10H16O3S2/c1-3-13-10(12)8-4-5-14-6-9(8)15-7(2)11/h8-9H,3-6H2,1-2H3. The molecule has 0 saturated carbocycles. The molecule has 0 aromatic heterocycles. The maximum atomic E-state index is 11.6. The number of ether oxygens (including phenoxy) is 1. The summed E-state index contributed by atoms with van der Waals surface area (Å²) in [7, 11) is 0. The van der Waals surface area contributed by atoms with Crippen LogP contribution < -0.4 is 0 Å². The number of carbonyl (C=O) groups is 2. The first-order valence-electron chi connectivity index (χ1n) is 5.06. The Kier molecular flexibility index (Phi) is 5.53. The predicted molar refractivity (Wildman–Crippen MR) is 64.1 cm³/mol. The van der Waals surface area contributed by atoms with Gasteiger partial charge in [0, 0.05) is 17.9 Å². The lowest BCUT2D eigenvalue weighted by atomic mass is 10.0. The highest BCUT2D eigenvalue weighted by atomic mass is 32.2. The number of hydrogen-bond donors (Lipinski definition) is 0. The molecule has 1 saturated heterocycles. The highest BCUT2D eigenvalue weighted by Gasteiger charge is 2.33. The van der Waals surface area contributed by atoms with Gasteiger partial charge in [0.2, 0.25) is 0 Å². The molecule has 5 heteroatoms. The molecule has 0 aromatic carbocycles. The Morgan fingerprint density at radius 1 is 1.53 bits per heavy atom. The second kappa shape index (κ2) is 6.43. The summed E-state index contributed by atoms with van der Waals surface area (Å²) in [5.74, 6) is 1.61. The second-order valence-corrected chi connectivity index (χ2v) is 5.94. The molecule has 0 amide bonds. The normalized spacial score (nSPS) is 26.0. The third kappa shape index (κ3) is 4.07. The quantitative estimate of drug-likeness (QED) is 0.714. The number of carbonyl (C=O) groups excluding carboxylic acids is 2. The van der Waals surface area contributed by atoms with Crippen molar-refractivity contribution in [2.75, 3.05) is 18.1 Å². The second-order valence-electron chi connectivity index (χ2n) is 3.37. The summed E-state index contributed by atoms with van der Waals surface area (Å²) in [4.78, 5) is 22.7. The predicted octanol–water partition coefficient (Wildman–Crippen LogP) is 1.95. The highest BCUT2D eigenvalue weighted by Crippen LogP contribution is 2.33. The molecule has 0 aromatic rings. The first-order chi connectivity index (χ1) is 7.15. The van der Waals surface area contributed by atoms with Gasteiger partial charge in [-0.3, -0.25) is 9.59 Å². The molecule has 0 radical (unpaired) electrons.